The van der Waals surface area contributed by atoms with Gasteiger partial charge in [-0.2, -0.15) is 0 Å². The molecule has 21 heavy (non-hydrogen) atoms. The first-order chi connectivity index (χ1) is 9.74. The average molecular weight is 321 g/mol. The Balaban J connectivity index is 2.49. The predicted molar refractivity (Wildman–Crippen MR) is 77.1 cm³/mol. The molecule has 2 amide bonds. The van der Waals surface area contributed by atoms with E-state index in [9.17, 15) is 23.1 Å². The van der Waals surface area contributed by atoms with Crippen LogP contribution in [0.5, 0.6) is 0 Å². The van der Waals surface area contributed by atoms with Crippen molar-refractivity contribution in [3.05, 3.63) is 0 Å². The summed E-state index contributed by atoms with van der Waals surface area (Å²) in [5, 5.41) is 16.6. The van der Waals surface area contributed by atoms with Gasteiger partial charge >= 0.3 is 12.0 Å². The Labute approximate surface area is 124 Å². The van der Waals surface area contributed by atoms with Crippen molar-refractivity contribution in [2.45, 2.75) is 38.6 Å². The van der Waals surface area contributed by atoms with E-state index in [1.54, 1.807) is 0 Å². The minimum absolute atomic E-state index is 0.148. The molecule has 0 saturated carbocycles. The van der Waals surface area contributed by atoms with Crippen LogP contribution in [-0.2, 0) is 14.8 Å². The number of nitrogens with one attached hydrogen (secondary N) is 1. The highest BCUT2D eigenvalue weighted by molar-refractivity contribution is 7.89. The summed E-state index contributed by atoms with van der Waals surface area (Å²) in [7, 11) is -3.54. The largest absolute Gasteiger partial charge is 0.480 e. The SMILES string of the molecule is CCC1CCN(C(=O)NCCCS(N)(=O)=O)C(C(=O)O)C1. The van der Waals surface area contributed by atoms with E-state index in [0.29, 0.717) is 18.9 Å². The van der Waals surface area contributed by atoms with E-state index in [0.717, 1.165) is 12.8 Å². The molecule has 1 fully saturated rings. The van der Waals surface area contributed by atoms with Crippen LogP contribution in [0.4, 0.5) is 4.79 Å². The van der Waals surface area contributed by atoms with Gasteiger partial charge in [0.05, 0.1) is 5.75 Å². The summed E-state index contributed by atoms with van der Waals surface area (Å²) in [6.07, 6.45) is 2.34. The van der Waals surface area contributed by atoms with Crippen molar-refractivity contribution in [1.82, 2.24) is 10.2 Å². The van der Waals surface area contributed by atoms with E-state index in [1.165, 1.54) is 4.90 Å². The Morgan fingerprint density at radius 1 is 1.43 bits per heavy atom. The third-order valence-electron chi connectivity index (χ3n) is 3.72. The zero-order valence-electron chi connectivity index (χ0n) is 12.1. The number of carbonyl (C=O) groups is 2. The van der Waals surface area contributed by atoms with Crippen molar-refractivity contribution in [3.63, 3.8) is 0 Å². The first kappa shape index (κ1) is 17.7. The second-order valence-corrected chi connectivity index (χ2v) is 7.03. The number of piperidine rings is 1. The molecular formula is C12H23N3O5S. The number of carboxylic acids is 1. The number of rotatable bonds is 6. The van der Waals surface area contributed by atoms with Gasteiger partial charge in [0.15, 0.2) is 0 Å². The molecule has 122 valence electrons. The van der Waals surface area contributed by atoms with Crippen LogP contribution in [-0.4, -0.2) is 55.3 Å². The van der Waals surface area contributed by atoms with Crippen molar-refractivity contribution >= 4 is 22.0 Å². The van der Waals surface area contributed by atoms with Crippen LogP contribution in [0, 0.1) is 5.92 Å². The van der Waals surface area contributed by atoms with E-state index in [4.69, 9.17) is 5.14 Å². The van der Waals surface area contributed by atoms with Crippen molar-refractivity contribution in [2.24, 2.45) is 11.1 Å². The lowest BCUT2D eigenvalue weighted by molar-refractivity contribution is -0.144. The Morgan fingerprint density at radius 2 is 2.10 bits per heavy atom. The predicted octanol–water partition coefficient (Wildman–Crippen LogP) is -0.0502. The van der Waals surface area contributed by atoms with Crippen molar-refractivity contribution < 1.29 is 23.1 Å². The van der Waals surface area contributed by atoms with Gasteiger partial charge in [-0.15, -0.1) is 0 Å². The smallest absolute Gasteiger partial charge is 0.326 e. The molecule has 0 aliphatic carbocycles. The lowest BCUT2D eigenvalue weighted by atomic mass is 9.89. The maximum Gasteiger partial charge on any atom is 0.326 e. The van der Waals surface area contributed by atoms with E-state index in [-0.39, 0.29) is 18.7 Å². The van der Waals surface area contributed by atoms with Gasteiger partial charge in [-0.05, 0) is 25.2 Å². The van der Waals surface area contributed by atoms with Crippen LogP contribution in [0.15, 0.2) is 0 Å². The first-order valence-corrected chi connectivity index (χ1v) is 8.74. The summed E-state index contributed by atoms with van der Waals surface area (Å²) in [6, 6.07) is -1.28. The monoisotopic (exact) mass is 321 g/mol. The Kier molecular flexibility index (Phi) is 6.41. The van der Waals surface area contributed by atoms with Crippen LogP contribution in [0.3, 0.4) is 0 Å². The van der Waals surface area contributed by atoms with Gasteiger partial charge in [-0.25, -0.2) is 23.1 Å². The number of sulfonamides is 1. The lowest BCUT2D eigenvalue weighted by Crippen LogP contribution is -2.53. The van der Waals surface area contributed by atoms with Gasteiger partial charge in [0.2, 0.25) is 10.0 Å². The number of nitrogens with zero attached hydrogens (tertiary/aromatic N) is 1. The first-order valence-electron chi connectivity index (χ1n) is 7.02. The summed E-state index contributed by atoms with van der Waals surface area (Å²) in [6.45, 7) is 2.55. The Bertz CT molecular complexity index is 479. The molecule has 9 heteroatoms. The highest BCUT2D eigenvalue weighted by atomic mass is 32.2. The molecule has 1 rings (SSSR count). The molecular weight excluding hydrogens is 298 g/mol. The number of carbonyl (C=O) groups excluding carboxylic acids is 1. The number of carboxylic acid groups (broad SMARTS) is 1. The fourth-order valence-corrected chi connectivity index (χ4v) is 3.00. The van der Waals surface area contributed by atoms with Gasteiger partial charge < -0.3 is 15.3 Å². The normalized spacial score (nSPS) is 22.9. The summed E-state index contributed by atoms with van der Waals surface area (Å²) in [4.78, 5) is 24.6. The van der Waals surface area contributed by atoms with Crippen molar-refractivity contribution in [2.75, 3.05) is 18.8 Å². The molecule has 4 N–H and O–H groups in total. The van der Waals surface area contributed by atoms with Gasteiger partial charge in [0, 0.05) is 13.1 Å². The van der Waals surface area contributed by atoms with Crippen molar-refractivity contribution in [1.29, 1.82) is 0 Å². The Morgan fingerprint density at radius 3 is 2.62 bits per heavy atom. The lowest BCUT2D eigenvalue weighted by Gasteiger charge is -2.36. The molecule has 0 aromatic heterocycles. The van der Waals surface area contributed by atoms with Crippen LogP contribution in [0.1, 0.15) is 32.6 Å². The molecule has 1 saturated heterocycles. The van der Waals surface area contributed by atoms with Gasteiger partial charge in [-0.1, -0.05) is 13.3 Å². The second-order valence-electron chi connectivity index (χ2n) is 5.30. The number of amides is 2. The van der Waals surface area contributed by atoms with Crippen molar-refractivity contribution in [3.8, 4) is 0 Å². The van der Waals surface area contributed by atoms with Crippen LogP contribution < -0.4 is 10.5 Å². The summed E-state index contributed by atoms with van der Waals surface area (Å²) >= 11 is 0. The average Bonchev–Trinajstić information content (AvgIpc) is 2.41. The van der Waals surface area contributed by atoms with Crippen LogP contribution in [0.25, 0.3) is 0 Å². The molecule has 1 aliphatic rings. The van der Waals surface area contributed by atoms with E-state index < -0.39 is 28.1 Å². The molecule has 8 nitrogen and oxygen atoms in total. The highest BCUT2D eigenvalue weighted by Gasteiger charge is 2.35. The molecule has 1 heterocycles. The standard InChI is InChI=1S/C12H23N3O5S/c1-2-9-4-6-15(10(8-9)11(16)17)12(18)14-5-3-7-21(13,19)20/h9-10H,2-8H2,1H3,(H,14,18)(H,16,17)(H2,13,19,20). The minimum Gasteiger partial charge on any atom is -0.480 e. The summed E-state index contributed by atoms with van der Waals surface area (Å²) < 4.78 is 21.5. The Hall–Kier alpha value is -1.35. The number of hydrogen-bond donors (Lipinski definition) is 3. The minimum atomic E-state index is -3.54. The second kappa shape index (κ2) is 7.60. The number of primary sulfonamides is 1. The molecule has 2 atom stereocenters. The maximum absolute atomic E-state index is 12.0. The fourth-order valence-electron chi connectivity index (χ4n) is 2.46. The van der Waals surface area contributed by atoms with Crippen LogP contribution >= 0.6 is 0 Å². The molecule has 1 aliphatic heterocycles. The number of nitrogens with two attached hydrogens (primary N) is 1. The quantitative estimate of drug-likeness (QED) is 0.590. The van der Waals surface area contributed by atoms with Gasteiger partial charge in [-0.3, -0.25) is 0 Å². The molecule has 0 aromatic rings. The summed E-state index contributed by atoms with van der Waals surface area (Å²) in [5.41, 5.74) is 0. The zero-order chi connectivity index (χ0) is 16.0. The van der Waals surface area contributed by atoms with Crippen LogP contribution in [0.2, 0.25) is 0 Å². The summed E-state index contributed by atoms with van der Waals surface area (Å²) in [5.74, 6) is -0.904. The molecule has 0 bridgehead atoms. The maximum atomic E-state index is 12.0. The molecule has 0 radical (unpaired) electrons. The fraction of sp³-hybridized carbons (Fsp3) is 0.833. The number of aliphatic carboxylic acids is 1. The van der Waals surface area contributed by atoms with E-state index in [1.807, 2.05) is 6.92 Å². The van der Waals surface area contributed by atoms with Gasteiger partial charge in [0.25, 0.3) is 0 Å². The van der Waals surface area contributed by atoms with Gasteiger partial charge in [0.1, 0.15) is 6.04 Å². The topological polar surface area (TPSA) is 130 Å². The van der Waals surface area contributed by atoms with E-state index in [2.05, 4.69) is 5.32 Å². The molecule has 0 aromatic carbocycles. The number of likely N-dealkylation sites (tertiary alicyclic amines) is 1. The molecule has 0 spiro atoms. The number of urea groups is 1. The highest BCUT2D eigenvalue weighted by Crippen LogP contribution is 2.25. The molecule has 2 unspecified atom stereocenters. The van der Waals surface area contributed by atoms with E-state index >= 15 is 0 Å². The number of hydrogen-bond acceptors (Lipinski definition) is 4. The third-order valence-corrected chi connectivity index (χ3v) is 4.57. The third kappa shape index (κ3) is 5.88. The zero-order valence-corrected chi connectivity index (χ0v) is 12.9.